The molecule has 5 rings (SSSR count). The summed E-state index contributed by atoms with van der Waals surface area (Å²) < 4.78 is 13.0. The van der Waals surface area contributed by atoms with E-state index in [2.05, 4.69) is 111 Å². The Morgan fingerprint density at radius 2 is 0.750 bits per heavy atom. The van der Waals surface area contributed by atoms with Gasteiger partial charge in [-0.3, -0.25) is 0 Å². The van der Waals surface area contributed by atoms with Crippen LogP contribution in [0.15, 0.2) is 97.1 Å². The van der Waals surface area contributed by atoms with Crippen LogP contribution in [0.5, 0.6) is 11.5 Å². The third-order valence-corrected chi connectivity index (χ3v) is 6.10. The summed E-state index contributed by atoms with van der Waals surface area (Å²) in [6.07, 6.45) is 0. The molecule has 0 spiro atoms. The van der Waals surface area contributed by atoms with Crippen LogP contribution >= 0.6 is 0 Å². The Hall–Kier alpha value is -3.78. The van der Waals surface area contributed by atoms with E-state index in [0.29, 0.717) is 13.2 Å². The van der Waals surface area contributed by atoms with Crippen LogP contribution in [-0.2, 0) is 13.2 Å². The average Bonchev–Trinajstić information content (AvgIpc) is 2.83. The molecule has 0 aliphatic carbocycles. The molecule has 5 aromatic rings. The number of rotatable bonds is 6. The highest BCUT2D eigenvalue weighted by Crippen LogP contribution is 2.43. The molecule has 0 N–H and O–H groups in total. The van der Waals surface area contributed by atoms with Crippen LogP contribution in [0, 0.1) is 13.8 Å². The molecule has 0 aromatic heterocycles. The predicted molar refractivity (Wildman–Crippen MR) is 132 cm³/mol. The van der Waals surface area contributed by atoms with Gasteiger partial charge in [0.15, 0.2) is 0 Å². The third-order valence-electron chi connectivity index (χ3n) is 6.10. The lowest BCUT2D eigenvalue weighted by Crippen LogP contribution is -2.02. The first-order chi connectivity index (χ1) is 15.7. The maximum atomic E-state index is 6.48. The second-order valence-electron chi connectivity index (χ2n) is 8.18. The highest BCUT2D eigenvalue weighted by molar-refractivity contribution is 6.11. The maximum Gasteiger partial charge on any atom is 0.135 e. The standard InChI is InChI=1S/C30H26O2/c1-21-11-3-5-13-23(21)19-31-29-25-15-7-9-17-27(25)30(28-18-10-8-16-26(28)29)32-20-24-14-6-4-12-22(24)2/h3-18H,19-20H2,1-2H3. The van der Waals surface area contributed by atoms with E-state index in [1.807, 2.05) is 0 Å². The van der Waals surface area contributed by atoms with Crippen molar-refractivity contribution >= 4 is 21.5 Å². The predicted octanol–water partition coefficient (Wildman–Crippen LogP) is 7.77. The van der Waals surface area contributed by atoms with Crippen LogP contribution in [0.3, 0.4) is 0 Å². The topological polar surface area (TPSA) is 18.5 Å². The molecule has 0 bridgehead atoms. The van der Waals surface area contributed by atoms with E-state index in [9.17, 15) is 0 Å². The minimum absolute atomic E-state index is 0.532. The van der Waals surface area contributed by atoms with Gasteiger partial charge in [0.2, 0.25) is 0 Å². The molecule has 0 amide bonds. The lowest BCUT2D eigenvalue weighted by Gasteiger charge is -2.18. The molecule has 0 atom stereocenters. The third kappa shape index (κ3) is 3.80. The van der Waals surface area contributed by atoms with Gasteiger partial charge >= 0.3 is 0 Å². The van der Waals surface area contributed by atoms with Crippen molar-refractivity contribution in [1.29, 1.82) is 0 Å². The maximum absolute atomic E-state index is 6.48. The van der Waals surface area contributed by atoms with Crippen LogP contribution in [0.1, 0.15) is 22.3 Å². The van der Waals surface area contributed by atoms with E-state index in [1.165, 1.54) is 22.3 Å². The van der Waals surface area contributed by atoms with Crippen molar-refractivity contribution < 1.29 is 9.47 Å². The molecule has 5 aromatic carbocycles. The Morgan fingerprint density at radius 1 is 0.438 bits per heavy atom. The number of benzene rings is 5. The summed E-state index contributed by atoms with van der Waals surface area (Å²) in [5.41, 5.74) is 4.86. The average molecular weight is 419 g/mol. The molecule has 0 aliphatic rings. The van der Waals surface area contributed by atoms with Gasteiger partial charge in [-0.05, 0) is 36.1 Å². The monoisotopic (exact) mass is 418 g/mol. The lowest BCUT2D eigenvalue weighted by atomic mass is 10.0. The van der Waals surface area contributed by atoms with Crippen molar-refractivity contribution in [2.24, 2.45) is 0 Å². The van der Waals surface area contributed by atoms with Gasteiger partial charge in [0.25, 0.3) is 0 Å². The van der Waals surface area contributed by atoms with Gasteiger partial charge in [-0.2, -0.15) is 0 Å². The zero-order valence-electron chi connectivity index (χ0n) is 18.5. The van der Waals surface area contributed by atoms with Gasteiger partial charge in [-0.15, -0.1) is 0 Å². The Labute approximate surface area is 189 Å². The molecule has 0 saturated heterocycles. The fourth-order valence-corrected chi connectivity index (χ4v) is 4.20. The number of fused-ring (bicyclic) bond motifs is 2. The van der Waals surface area contributed by atoms with E-state index in [4.69, 9.17) is 9.47 Å². The fourth-order valence-electron chi connectivity index (χ4n) is 4.20. The molecule has 0 aliphatic heterocycles. The van der Waals surface area contributed by atoms with Crippen LogP contribution in [0.2, 0.25) is 0 Å². The highest BCUT2D eigenvalue weighted by atomic mass is 16.5. The zero-order chi connectivity index (χ0) is 21.9. The van der Waals surface area contributed by atoms with Crippen molar-refractivity contribution in [3.8, 4) is 11.5 Å². The lowest BCUT2D eigenvalue weighted by molar-refractivity contribution is 0.307. The minimum Gasteiger partial charge on any atom is -0.488 e. The first-order valence-electron chi connectivity index (χ1n) is 11.0. The molecule has 158 valence electrons. The molecule has 2 heteroatoms. The molecule has 0 heterocycles. The smallest absolute Gasteiger partial charge is 0.135 e. The highest BCUT2D eigenvalue weighted by Gasteiger charge is 2.16. The van der Waals surface area contributed by atoms with Crippen LogP contribution in [0.4, 0.5) is 0 Å². The Kier molecular flexibility index (Phi) is 5.51. The molecular formula is C30H26O2. The second kappa shape index (κ2) is 8.76. The Balaban J connectivity index is 1.60. The van der Waals surface area contributed by atoms with Crippen molar-refractivity contribution in [1.82, 2.24) is 0 Å². The molecule has 32 heavy (non-hydrogen) atoms. The minimum atomic E-state index is 0.532. The Morgan fingerprint density at radius 3 is 1.09 bits per heavy atom. The first-order valence-corrected chi connectivity index (χ1v) is 11.0. The van der Waals surface area contributed by atoms with E-state index >= 15 is 0 Å². The van der Waals surface area contributed by atoms with Gasteiger partial charge in [0.05, 0.1) is 0 Å². The molecular weight excluding hydrogens is 392 g/mol. The van der Waals surface area contributed by atoms with Crippen LogP contribution in [0.25, 0.3) is 21.5 Å². The SMILES string of the molecule is Cc1ccccc1COc1c2ccccc2c(OCc2ccccc2C)c2ccccc12. The summed E-state index contributed by atoms with van der Waals surface area (Å²) in [4.78, 5) is 0. The summed E-state index contributed by atoms with van der Waals surface area (Å²) in [5, 5.41) is 4.28. The number of hydrogen-bond acceptors (Lipinski definition) is 2. The van der Waals surface area contributed by atoms with E-state index in [0.717, 1.165) is 33.0 Å². The molecule has 0 radical (unpaired) electrons. The van der Waals surface area contributed by atoms with Gasteiger partial charge in [-0.25, -0.2) is 0 Å². The normalized spacial score (nSPS) is 11.1. The quantitative estimate of drug-likeness (QED) is 0.262. The second-order valence-corrected chi connectivity index (χ2v) is 8.18. The van der Waals surface area contributed by atoms with E-state index in [1.54, 1.807) is 0 Å². The van der Waals surface area contributed by atoms with E-state index in [-0.39, 0.29) is 0 Å². The summed E-state index contributed by atoms with van der Waals surface area (Å²) in [6.45, 7) is 5.31. The summed E-state index contributed by atoms with van der Waals surface area (Å²) >= 11 is 0. The molecule has 0 fully saturated rings. The van der Waals surface area contributed by atoms with Gasteiger partial charge in [0, 0.05) is 21.5 Å². The molecule has 0 unspecified atom stereocenters. The summed E-state index contributed by atoms with van der Waals surface area (Å²) in [6, 6.07) is 33.4. The number of aryl methyl sites for hydroxylation is 2. The van der Waals surface area contributed by atoms with Crippen molar-refractivity contribution in [3.63, 3.8) is 0 Å². The largest absolute Gasteiger partial charge is 0.488 e. The van der Waals surface area contributed by atoms with Crippen molar-refractivity contribution in [3.05, 3.63) is 119 Å². The number of ether oxygens (including phenoxy) is 2. The zero-order valence-corrected chi connectivity index (χ0v) is 18.5. The van der Waals surface area contributed by atoms with Crippen molar-refractivity contribution in [2.75, 3.05) is 0 Å². The Bertz CT molecular complexity index is 1240. The summed E-state index contributed by atoms with van der Waals surface area (Å²) in [5.74, 6) is 1.81. The van der Waals surface area contributed by atoms with Gasteiger partial charge in [0.1, 0.15) is 24.7 Å². The van der Waals surface area contributed by atoms with E-state index < -0.39 is 0 Å². The molecule has 0 saturated carbocycles. The van der Waals surface area contributed by atoms with Gasteiger partial charge in [-0.1, -0.05) is 97.1 Å². The molecule has 2 nitrogen and oxygen atoms in total. The van der Waals surface area contributed by atoms with Crippen LogP contribution < -0.4 is 9.47 Å². The summed E-state index contributed by atoms with van der Waals surface area (Å²) in [7, 11) is 0. The van der Waals surface area contributed by atoms with Crippen LogP contribution in [-0.4, -0.2) is 0 Å². The fraction of sp³-hybridized carbons (Fsp3) is 0.133. The number of hydrogen-bond donors (Lipinski definition) is 0. The van der Waals surface area contributed by atoms with Gasteiger partial charge < -0.3 is 9.47 Å². The van der Waals surface area contributed by atoms with Crippen molar-refractivity contribution in [2.45, 2.75) is 27.1 Å². The first kappa shape index (κ1) is 20.1.